The van der Waals surface area contributed by atoms with Crippen LogP contribution in [0, 0.1) is 0 Å². The maximum Gasteiger partial charge on any atom is 0.433 e. The molecule has 0 radical (unpaired) electrons. The van der Waals surface area contributed by atoms with Gasteiger partial charge in [0.2, 0.25) is 5.91 Å². The van der Waals surface area contributed by atoms with Crippen LogP contribution in [-0.2, 0) is 17.5 Å². The van der Waals surface area contributed by atoms with Gasteiger partial charge < -0.3 is 9.88 Å². The molecule has 0 bridgehead atoms. The third-order valence-electron chi connectivity index (χ3n) is 4.18. The fourth-order valence-corrected chi connectivity index (χ4v) is 2.76. The van der Waals surface area contributed by atoms with Crippen LogP contribution in [0.5, 0.6) is 0 Å². The van der Waals surface area contributed by atoms with Crippen LogP contribution in [0.3, 0.4) is 0 Å². The second-order valence-electron chi connectivity index (χ2n) is 6.43. The minimum absolute atomic E-state index is 0.0733. The Hall–Kier alpha value is -4.15. The summed E-state index contributed by atoms with van der Waals surface area (Å²) < 4.78 is 40.0. The van der Waals surface area contributed by atoms with Gasteiger partial charge in [0, 0.05) is 30.4 Å². The number of alkyl halides is 3. The van der Waals surface area contributed by atoms with E-state index in [0.29, 0.717) is 22.8 Å². The summed E-state index contributed by atoms with van der Waals surface area (Å²) in [7, 11) is 0. The van der Waals surface area contributed by atoms with Crippen molar-refractivity contribution in [1.82, 2.24) is 29.5 Å². The minimum atomic E-state index is -4.55. The molecule has 0 aromatic carbocycles. The van der Waals surface area contributed by atoms with E-state index >= 15 is 0 Å². The zero-order valence-corrected chi connectivity index (χ0v) is 15.8. The zero-order valence-electron chi connectivity index (χ0n) is 15.8. The number of anilines is 1. The van der Waals surface area contributed by atoms with Crippen molar-refractivity contribution in [1.29, 1.82) is 0 Å². The van der Waals surface area contributed by atoms with Crippen molar-refractivity contribution in [3.8, 4) is 22.6 Å². The third-order valence-corrected chi connectivity index (χ3v) is 4.18. The van der Waals surface area contributed by atoms with Crippen LogP contribution in [0.1, 0.15) is 5.69 Å². The molecule has 0 aliphatic heterocycles. The van der Waals surface area contributed by atoms with Gasteiger partial charge in [0.15, 0.2) is 0 Å². The number of halogens is 3. The topological polar surface area (TPSA) is 98.5 Å². The van der Waals surface area contributed by atoms with E-state index in [1.807, 2.05) is 0 Å². The van der Waals surface area contributed by atoms with Gasteiger partial charge in [0.1, 0.15) is 17.9 Å². The molecule has 4 aromatic heterocycles. The molecular weight excluding hydrogens is 411 g/mol. The summed E-state index contributed by atoms with van der Waals surface area (Å²) in [6, 6.07) is 5.73. The zero-order chi connectivity index (χ0) is 21.8. The number of nitrogens with one attached hydrogen (secondary N) is 1. The minimum Gasteiger partial charge on any atom is -0.327 e. The Balaban J connectivity index is 1.40. The number of pyridine rings is 2. The Morgan fingerprint density at radius 1 is 0.935 bits per heavy atom. The van der Waals surface area contributed by atoms with E-state index < -0.39 is 11.9 Å². The molecule has 1 N–H and O–H groups in total. The van der Waals surface area contributed by atoms with E-state index in [0.717, 1.165) is 12.3 Å². The van der Waals surface area contributed by atoms with Crippen LogP contribution in [0.25, 0.3) is 22.6 Å². The van der Waals surface area contributed by atoms with Gasteiger partial charge in [0.05, 0.1) is 35.8 Å². The molecule has 0 saturated heterocycles. The molecule has 0 fully saturated rings. The van der Waals surface area contributed by atoms with Crippen molar-refractivity contribution in [2.45, 2.75) is 12.7 Å². The first kappa shape index (κ1) is 20.1. The molecule has 156 valence electrons. The quantitative estimate of drug-likeness (QED) is 0.526. The number of nitrogens with zero attached hydrogens (tertiary/aromatic N) is 6. The highest BCUT2D eigenvalue weighted by atomic mass is 19.4. The van der Waals surface area contributed by atoms with Gasteiger partial charge in [-0.15, -0.1) is 0 Å². The first-order valence-corrected chi connectivity index (χ1v) is 8.96. The van der Waals surface area contributed by atoms with Crippen LogP contribution in [0.15, 0.2) is 67.8 Å². The van der Waals surface area contributed by atoms with Crippen LogP contribution in [0.2, 0.25) is 0 Å². The SMILES string of the molecule is O=C(Cn1cnc(-c2ccnc(C(F)(F)F)c2)c1)Nc1ccc(-c2cnccn2)nc1. The molecule has 4 aromatic rings. The summed E-state index contributed by atoms with van der Waals surface area (Å²) in [5.41, 5.74) is 1.26. The van der Waals surface area contributed by atoms with Crippen molar-refractivity contribution in [2.75, 3.05) is 5.32 Å². The highest BCUT2D eigenvalue weighted by molar-refractivity contribution is 5.90. The molecule has 8 nitrogen and oxygen atoms in total. The lowest BCUT2D eigenvalue weighted by atomic mass is 10.2. The van der Waals surface area contributed by atoms with Crippen molar-refractivity contribution in [3.63, 3.8) is 0 Å². The molecule has 0 unspecified atom stereocenters. The monoisotopic (exact) mass is 425 g/mol. The van der Waals surface area contributed by atoms with Gasteiger partial charge in [-0.2, -0.15) is 13.2 Å². The summed E-state index contributed by atoms with van der Waals surface area (Å²) in [5.74, 6) is -0.344. The molecule has 4 heterocycles. The van der Waals surface area contributed by atoms with Gasteiger partial charge in [-0.3, -0.25) is 24.7 Å². The maximum atomic E-state index is 12.8. The molecular formula is C20H14F3N7O. The Morgan fingerprint density at radius 3 is 2.52 bits per heavy atom. The molecule has 0 aliphatic carbocycles. The summed E-state index contributed by atoms with van der Waals surface area (Å²) >= 11 is 0. The highest BCUT2D eigenvalue weighted by Gasteiger charge is 2.32. The largest absolute Gasteiger partial charge is 0.433 e. The van der Waals surface area contributed by atoms with Gasteiger partial charge in [-0.25, -0.2) is 4.98 Å². The maximum absolute atomic E-state index is 12.8. The Bertz CT molecular complexity index is 1190. The average Bonchev–Trinajstić information content (AvgIpc) is 3.23. The number of carbonyl (C=O) groups is 1. The Labute approximate surface area is 173 Å². The fraction of sp³-hybridized carbons (Fsp3) is 0.100. The van der Waals surface area contributed by atoms with Crippen molar-refractivity contribution in [3.05, 3.63) is 73.5 Å². The molecule has 0 spiro atoms. The van der Waals surface area contributed by atoms with Crippen LogP contribution in [0.4, 0.5) is 18.9 Å². The standard InChI is InChI=1S/C20H14F3N7O/c21-20(22,23)18-7-13(3-4-26-18)17-10-30(12-28-17)11-19(31)29-14-1-2-15(27-8-14)16-9-24-5-6-25-16/h1-10,12H,11H2,(H,29,31). The lowest BCUT2D eigenvalue weighted by Gasteiger charge is -2.07. The van der Waals surface area contributed by atoms with E-state index in [4.69, 9.17) is 0 Å². The lowest BCUT2D eigenvalue weighted by molar-refractivity contribution is -0.141. The first-order valence-electron chi connectivity index (χ1n) is 8.96. The van der Waals surface area contributed by atoms with Gasteiger partial charge in [-0.05, 0) is 24.3 Å². The van der Waals surface area contributed by atoms with E-state index in [1.54, 1.807) is 30.7 Å². The number of hydrogen-bond acceptors (Lipinski definition) is 6. The van der Waals surface area contributed by atoms with Crippen LogP contribution in [-0.4, -0.2) is 35.4 Å². The second-order valence-corrected chi connectivity index (χ2v) is 6.43. The van der Waals surface area contributed by atoms with Gasteiger partial charge in [-0.1, -0.05) is 0 Å². The first-order chi connectivity index (χ1) is 14.9. The predicted octanol–water partition coefficient (Wildman–Crippen LogP) is 3.45. The summed E-state index contributed by atoms with van der Waals surface area (Å²) in [6.07, 6.45) is 5.58. The fourth-order valence-electron chi connectivity index (χ4n) is 2.76. The second kappa shape index (κ2) is 8.30. The molecule has 4 rings (SSSR count). The van der Waals surface area contributed by atoms with Crippen LogP contribution < -0.4 is 5.32 Å². The van der Waals surface area contributed by atoms with E-state index in [9.17, 15) is 18.0 Å². The summed E-state index contributed by atoms with van der Waals surface area (Å²) in [6.45, 7) is -0.0733. The molecule has 0 saturated carbocycles. The molecule has 0 atom stereocenters. The smallest absolute Gasteiger partial charge is 0.327 e. The third kappa shape index (κ3) is 4.89. The number of hydrogen-bond donors (Lipinski definition) is 1. The van der Waals surface area contributed by atoms with E-state index in [1.165, 1.54) is 29.4 Å². The number of amides is 1. The van der Waals surface area contributed by atoms with Crippen molar-refractivity contribution < 1.29 is 18.0 Å². The molecule has 31 heavy (non-hydrogen) atoms. The van der Waals surface area contributed by atoms with Gasteiger partial charge in [0.25, 0.3) is 0 Å². The van der Waals surface area contributed by atoms with E-state index in [2.05, 4.69) is 30.2 Å². The Kier molecular flexibility index (Phi) is 5.39. The average molecular weight is 425 g/mol. The van der Waals surface area contributed by atoms with Crippen LogP contribution >= 0.6 is 0 Å². The predicted molar refractivity (Wildman–Crippen MR) is 104 cm³/mol. The normalized spacial score (nSPS) is 11.3. The van der Waals surface area contributed by atoms with Crippen molar-refractivity contribution in [2.24, 2.45) is 0 Å². The van der Waals surface area contributed by atoms with E-state index in [-0.39, 0.29) is 18.0 Å². The molecule has 1 amide bonds. The van der Waals surface area contributed by atoms with Gasteiger partial charge >= 0.3 is 6.18 Å². The number of carbonyl (C=O) groups excluding carboxylic acids is 1. The highest BCUT2D eigenvalue weighted by Crippen LogP contribution is 2.30. The Morgan fingerprint density at radius 2 is 1.81 bits per heavy atom. The number of rotatable bonds is 5. The summed E-state index contributed by atoms with van der Waals surface area (Å²) in [4.78, 5) is 32.1. The lowest BCUT2D eigenvalue weighted by Crippen LogP contribution is -2.18. The molecule has 11 heteroatoms. The molecule has 0 aliphatic rings. The summed E-state index contributed by atoms with van der Waals surface area (Å²) in [5, 5.41) is 2.70. The number of imidazole rings is 1. The number of aromatic nitrogens is 6. The van der Waals surface area contributed by atoms with Crippen molar-refractivity contribution >= 4 is 11.6 Å².